The highest BCUT2D eigenvalue weighted by Crippen LogP contribution is 2.34. The molecule has 6 nitrogen and oxygen atoms in total. The van der Waals surface area contributed by atoms with Crippen molar-refractivity contribution in [2.24, 2.45) is 23.5 Å². The molecule has 2 aromatic rings. The van der Waals surface area contributed by atoms with E-state index in [1.54, 1.807) is 0 Å². The fourth-order valence-electron chi connectivity index (χ4n) is 6.52. The second-order valence-electron chi connectivity index (χ2n) is 12.0. The number of likely N-dealkylation sites (tertiary alicyclic amines) is 1. The summed E-state index contributed by atoms with van der Waals surface area (Å²) in [6.45, 7) is 5.35. The number of nitrogens with zero attached hydrogens (tertiary/aromatic N) is 1. The fraction of sp³-hybridized carbons (Fsp3) is 0.559. The van der Waals surface area contributed by atoms with E-state index in [2.05, 4.69) is 61.6 Å². The molecule has 216 valence electrons. The van der Waals surface area contributed by atoms with Crippen LogP contribution in [-0.4, -0.2) is 35.2 Å². The van der Waals surface area contributed by atoms with Crippen molar-refractivity contribution in [2.45, 2.75) is 97.1 Å². The van der Waals surface area contributed by atoms with Gasteiger partial charge in [-0.1, -0.05) is 93.5 Å². The van der Waals surface area contributed by atoms with E-state index >= 15 is 0 Å². The van der Waals surface area contributed by atoms with E-state index in [0.29, 0.717) is 38.3 Å². The molecule has 0 spiro atoms. The summed E-state index contributed by atoms with van der Waals surface area (Å²) in [5, 5.41) is 3.11. The average molecular weight is 546 g/mol. The van der Waals surface area contributed by atoms with Gasteiger partial charge >= 0.3 is 0 Å². The van der Waals surface area contributed by atoms with Crippen molar-refractivity contribution >= 4 is 17.7 Å². The molecule has 3 amide bonds. The van der Waals surface area contributed by atoms with Gasteiger partial charge in [0.2, 0.25) is 17.7 Å². The van der Waals surface area contributed by atoms with Crippen molar-refractivity contribution in [1.82, 2.24) is 10.2 Å². The third-order valence-corrected chi connectivity index (χ3v) is 8.90. The maximum atomic E-state index is 13.8. The molecule has 0 bridgehead atoms. The molecule has 1 aliphatic carbocycles. The topological polar surface area (TPSA) is 92.5 Å². The van der Waals surface area contributed by atoms with Crippen LogP contribution in [0.4, 0.5) is 0 Å². The lowest BCUT2D eigenvalue weighted by atomic mass is 9.80. The van der Waals surface area contributed by atoms with Crippen LogP contribution in [-0.2, 0) is 20.9 Å². The minimum atomic E-state index is -0.568. The van der Waals surface area contributed by atoms with E-state index in [9.17, 15) is 14.4 Å². The van der Waals surface area contributed by atoms with Crippen molar-refractivity contribution < 1.29 is 14.4 Å². The Hall–Kier alpha value is -3.15. The summed E-state index contributed by atoms with van der Waals surface area (Å²) in [7, 11) is 0. The van der Waals surface area contributed by atoms with Crippen molar-refractivity contribution in [1.29, 1.82) is 0 Å². The first-order valence-corrected chi connectivity index (χ1v) is 15.4. The Morgan fingerprint density at radius 1 is 0.975 bits per heavy atom. The first-order chi connectivity index (χ1) is 19.4. The Kier molecular flexibility index (Phi) is 10.8. The van der Waals surface area contributed by atoms with Crippen LogP contribution in [0.2, 0.25) is 0 Å². The molecule has 2 unspecified atom stereocenters. The van der Waals surface area contributed by atoms with Gasteiger partial charge in [-0.3, -0.25) is 14.4 Å². The van der Waals surface area contributed by atoms with Gasteiger partial charge < -0.3 is 16.0 Å². The van der Waals surface area contributed by atoms with Crippen LogP contribution in [0, 0.1) is 24.7 Å². The summed E-state index contributed by atoms with van der Waals surface area (Å²) >= 11 is 0. The van der Waals surface area contributed by atoms with Gasteiger partial charge in [0.05, 0.1) is 0 Å². The highest BCUT2D eigenvalue weighted by Gasteiger charge is 2.37. The Morgan fingerprint density at radius 2 is 1.70 bits per heavy atom. The molecular weight excluding hydrogens is 498 g/mol. The van der Waals surface area contributed by atoms with Gasteiger partial charge in [-0.25, -0.2) is 0 Å². The number of amides is 3. The molecule has 1 saturated heterocycles. The Labute approximate surface area is 240 Å². The third kappa shape index (κ3) is 7.96. The number of carbonyl (C=O) groups excluding carboxylic acids is 3. The second-order valence-corrected chi connectivity index (χ2v) is 12.0. The van der Waals surface area contributed by atoms with Crippen LogP contribution < -0.4 is 11.1 Å². The molecule has 40 heavy (non-hydrogen) atoms. The molecule has 2 aliphatic rings. The monoisotopic (exact) mass is 545 g/mol. The number of nitrogens with one attached hydrogen (secondary N) is 1. The number of hydrogen-bond acceptors (Lipinski definition) is 3. The molecule has 2 fully saturated rings. The van der Waals surface area contributed by atoms with Crippen LogP contribution in [0.15, 0.2) is 48.5 Å². The third-order valence-electron chi connectivity index (χ3n) is 8.90. The smallest absolute Gasteiger partial charge is 0.245 e. The molecule has 0 radical (unpaired) electrons. The van der Waals surface area contributed by atoms with E-state index in [1.807, 2.05) is 11.0 Å². The van der Waals surface area contributed by atoms with E-state index in [-0.39, 0.29) is 11.8 Å². The zero-order valence-corrected chi connectivity index (χ0v) is 24.4. The summed E-state index contributed by atoms with van der Waals surface area (Å²) < 4.78 is 0. The van der Waals surface area contributed by atoms with Gasteiger partial charge in [0.25, 0.3) is 0 Å². The number of carbonyl (C=O) groups is 3. The Balaban J connectivity index is 1.47. The lowest BCUT2D eigenvalue weighted by Crippen LogP contribution is -2.50. The van der Waals surface area contributed by atoms with Gasteiger partial charge in [-0.15, -0.1) is 0 Å². The fourth-order valence-corrected chi connectivity index (χ4v) is 6.52. The number of primary amides is 1. The largest absolute Gasteiger partial charge is 0.369 e. The standard InChI is InChI=1S/C34H47N3O3/c1-3-4-14-29(32(35)38)30(22-25-10-5-6-11-25)33(39)36-31-15-7-8-20-37(34(31)40)23-26-12-9-13-28(21-26)27-18-16-24(2)17-19-27/h9,12-13,16-19,21,25,29-31H,3-8,10-11,14-15,20,22-23H2,1-2H3,(H2,35,38)(H,36,39)/t29?,30?,31-/m0/s1. The van der Waals surface area contributed by atoms with Crippen LogP contribution in [0.3, 0.4) is 0 Å². The maximum absolute atomic E-state index is 13.8. The van der Waals surface area contributed by atoms with Crippen molar-refractivity contribution in [2.75, 3.05) is 6.54 Å². The lowest BCUT2D eigenvalue weighted by molar-refractivity contribution is -0.139. The van der Waals surface area contributed by atoms with E-state index in [4.69, 9.17) is 5.73 Å². The number of benzene rings is 2. The average Bonchev–Trinajstić information content (AvgIpc) is 3.41. The van der Waals surface area contributed by atoms with Crippen LogP contribution in [0.1, 0.15) is 88.7 Å². The van der Waals surface area contributed by atoms with Crippen molar-refractivity contribution in [3.63, 3.8) is 0 Å². The Morgan fingerprint density at radius 3 is 2.40 bits per heavy atom. The first-order valence-electron chi connectivity index (χ1n) is 15.4. The maximum Gasteiger partial charge on any atom is 0.245 e. The van der Waals surface area contributed by atoms with Crippen LogP contribution in [0.25, 0.3) is 11.1 Å². The molecule has 2 aromatic carbocycles. The van der Waals surface area contributed by atoms with Crippen LogP contribution >= 0.6 is 0 Å². The first kappa shape index (κ1) is 29.8. The predicted molar refractivity (Wildman–Crippen MR) is 160 cm³/mol. The summed E-state index contributed by atoms with van der Waals surface area (Å²) in [5.41, 5.74) is 10.4. The molecule has 3 N–H and O–H groups in total. The zero-order chi connectivity index (χ0) is 28.5. The van der Waals surface area contributed by atoms with Crippen molar-refractivity contribution in [3.05, 3.63) is 59.7 Å². The van der Waals surface area contributed by atoms with Crippen LogP contribution in [0.5, 0.6) is 0 Å². The molecule has 4 rings (SSSR count). The minimum absolute atomic E-state index is 0.0320. The number of hydrogen-bond donors (Lipinski definition) is 2. The normalized spacial score (nSPS) is 19.7. The summed E-state index contributed by atoms with van der Waals surface area (Å²) in [6.07, 6.45) is 10.1. The molecule has 1 saturated carbocycles. The van der Waals surface area contributed by atoms with E-state index in [1.165, 1.54) is 18.4 Å². The lowest BCUT2D eigenvalue weighted by Gasteiger charge is -2.30. The van der Waals surface area contributed by atoms with Gasteiger partial charge in [-0.2, -0.15) is 0 Å². The molecule has 1 aliphatic heterocycles. The highest BCUT2D eigenvalue weighted by atomic mass is 16.2. The molecule has 6 heteroatoms. The summed E-state index contributed by atoms with van der Waals surface area (Å²) in [6, 6.07) is 16.3. The molecule has 0 aromatic heterocycles. The molecular formula is C34H47N3O3. The molecule has 3 atom stereocenters. The quantitative estimate of drug-likeness (QED) is 0.335. The van der Waals surface area contributed by atoms with Gasteiger partial charge in [0.1, 0.15) is 6.04 Å². The Bertz CT molecular complexity index is 1140. The summed E-state index contributed by atoms with van der Waals surface area (Å²) in [4.78, 5) is 41.9. The highest BCUT2D eigenvalue weighted by molar-refractivity contribution is 5.91. The second kappa shape index (κ2) is 14.5. The van der Waals surface area contributed by atoms with Gasteiger partial charge in [0.15, 0.2) is 0 Å². The number of aryl methyl sites for hydroxylation is 1. The van der Waals surface area contributed by atoms with Gasteiger partial charge in [0, 0.05) is 24.9 Å². The number of rotatable bonds is 12. The van der Waals surface area contributed by atoms with E-state index in [0.717, 1.165) is 55.2 Å². The van der Waals surface area contributed by atoms with Crippen molar-refractivity contribution in [3.8, 4) is 11.1 Å². The van der Waals surface area contributed by atoms with Gasteiger partial charge in [-0.05, 0) is 67.7 Å². The summed E-state index contributed by atoms with van der Waals surface area (Å²) in [5.74, 6) is -1.11. The molecule has 1 heterocycles. The minimum Gasteiger partial charge on any atom is -0.369 e. The number of nitrogens with two attached hydrogens (primary N) is 1. The van der Waals surface area contributed by atoms with E-state index < -0.39 is 23.8 Å². The zero-order valence-electron chi connectivity index (χ0n) is 24.4. The SMILES string of the molecule is CCCCC(C(N)=O)C(CC1CCCC1)C(=O)N[C@H]1CCCCN(Cc2cccc(-c3ccc(C)cc3)c2)C1=O. The predicted octanol–water partition coefficient (Wildman–Crippen LogP) is 6.15. The number of unbranched alkanes of at least 4 members (excludes halogenated alkanes) is 1.